The quantitative estimate of drug-likeness (QED) is 0.765. The third kappa shape index (κ3) is 4.65. The molecule has 2 amide bonds. The van der Waals surface area contributed by atoms with Crippen LogP contribution in [0.15, 0.2) is 42.5 Å². The second kappa shape index (κ2) is 9.30. The van der Waals surface area contributed by atoms with Gasteiger partial charge >= 0.3 is 0 Å². The zero-order chi connectivity index (χ0) is 20.9. The lowest BCUT2D eigenvalue weighted by Crippen LogP contribution is -2.42. The van der Waals surface area contributed by atoms with Crippen LogP contribution in [0.3, 0.4) is 0 Å². The van der Waals surface area contributed by atoms with Gasteiger partial charge in [0.15, 0.2) is 0 Å². The Morgan fingerprint density at radius 1 is 1.00 bits per heavy atom. The fourth-order valence-electron chi connectivity index (χ4n) is 4.13. The molecule has 0 bridgehead atoms. The molecule has 30 heavy (non-hydrogen) atoms. The summed E-state index contributed by atoms with van der Waals surface area (Å²) in [6, 6.07) is 12.8. The molecule has 0 radical (unpaired) electrons. The summed E-state index contributed by atoms with van der Waals surface area (Å²) in [6.45, 7) is 7.32. The van der Waals surface area contributed by atoms with Crippen LogP contribution in [0, 0.1) is 0 Å². The lowest BCUT2D eigenvalue weighted by Gasteiger charge is -2.30. The normalized spacial score (nSPS) is 16.4. The van der Waals surface area contributed by atoms with Gasteiger partial charge in [0.05, 0.1) is 0 Å². The minimum atomic E-state index is -0.0920. The molecule has 1 fully saturated rings. The average Bonchev–Trinajstić information content (AvgIpc) is 3.28. The molecular formula is C24H29N3O3. The molecule has 0 aromatic heterocycles. The van der Waals surface area contributed by atoms with Crippen molar-refractivity contribution in [2.24, 2.45) is 0 Å². The first kappa shape index (κ1) is 20.4. The molecule has 1 N–H and O–H groups in total. The number of rotatable bonds is 7. The number of carbonyl (C=O) groups excluding carboxylic acids is 2. The third-order valence-electron chi connectivity index (χ3n) is 5.82. The molecule has 2 heterocycles. The number of benzene rings is 2. The highest BCUT2D eigenvalue weighted by Crippen LogP contribution is 2.27. The number of nitrogens with one attached hydrogen (secondary N) is 1. The van der Waals surface area contributed by atoms with Gasteiger partial charge in [-0.3, -0.25) is 9.59 Å². The zero-order valence-electron chi connectivity index (χ0n) is 17.5. The molecule has 0 unspecified atom stereocenters. The van der Waals surface area contributed by atoms with Gasteiger partial charge in [-0.15, -0.1) is 0 Å². The summed E-state index contributed by atoms with van der Waals surface area (Å²) in [5, 5.41) is 2.78. The van der Waals surface area contributed by atoms with Crippen LogP contribution in [0.25, 0.3) is 0 Å². The minimum Gasteiger partial charge on any atom is -0.457 e. The number of fused-ring (bicyclic) bond motifs is 1. The molecule has 6 nitrogen and oxygen atoms in total. The second-order valence-electron chi connectivity index (χ2n) is 7.90. The maximum Gasteiger partial charge on any atom is 0.254 e. The molecule has 158 valence electrons. The molecule has 2 aromatic carbocycles. The van der Waals surface area contributed by atoms with Crippen molar-refractivity contribution in [1.29, 1.82) is 0 Å². The summed E-state index contributed by atoms with van der Waals surface area (Å²) in [5.74, 6) is 1.40. The van der Waals surface area contributed by atoms with Crippen molar-refractivity contribution in [3.8, 4) is 11.5 Å². The molecule has 0 aliphatic carbocycles. The highest BCUT2D eigenvalue weighted by atomic mass is 16.5. The number of carbonyl (C=O) groups is 2. The number of ether oxygens (including phenoxy) is 1. The SMILES string of the molecule is CCNC(=O)c1ccc(Oc2ccc3c(c2)CCN(CCN2CCCC2)C3=O)cc1. The number of nitrogens with zero attached hydrogens (tertiary/aromatic N) is 2. The first-order chi connectivity index (χ1) is 14.6. The third-order valence-corrected chi connectivity index (χ3v) is 5.82. The molecule has 2 aliphatic heterocycles. The Bertz CT molecular complexity index is 904. The van der Waals surface area contributed by atoms with Crippen molar-refractivity contribution >= 4 is 11.8 Å². The van der Waals surface area contributed by atoms with Gasteiger partial charge < -0.3 is 19.9 Å². The molecule has 1 saturated heterocycles. The largest absolute Gasteiger partial charge is 0.457 e. The van der Waals surface area contributed by atoms with E-state index in [-0.39, 0.29) is 11.8 Å². The Labute approximate surface area is 177 Å². The van der Waals surface area contributed by atoms with Crippen LogP contribution in [0.4, 0.5) is 0 Å². The van der Waals surface area contributed by atoms with Gasteiger partial charge in [-0.05, 0) is 87.3 Å². The van der Waals surface area contributed by atoms with Gasteiger partial charge in [-0.25, -0.2) is 0 Å². The molecule has 0 spiro atoms. The Morgan fingerprint density at radius 3 is 2.47 bits per heavy atom. The first-order valence-electron chi connectivity index (χ1n) is 10.8. The van der Waals surface area contributed by atoms with Crippen LogP contribution >= 0.6 is 0 Å². The van der Waals surface area contributed by atoms with Crippen molar-refractivity contribution in [3.05, 3.63) is 59.2 Å². The highest BCUT2D eigenvalue weighted by molar-refractivity contribution is 5.97. The number of likely N-dealkylation sites (tertiary alicyclic amines) is 1. The number of amides is 2. The van der Waals surface area contributed by atoms with Gasteiger partial charge in [-0.2, -0.15) is 0 Å². The van der Waals surface area contributed by atoms with Crippen LogP contribution in [0.1, 0.15) is 46.0 Å². The van der Waals surface area contributed by atoms with Crippen LogP contribution in [0.5, 0.6) is 11.5 Å². The lowest BCUT2D eigenvalue weighted by atomic mass is 9.98. The Balaban J connectivity index is 1.38. The fourth-order valence-corrected chi connectivity index (χ4v) is 4.13. The zero-order valence-corrected chi connectivity index (χ0v) is 17.5. The smallest absolute Gasteiger partial charge is 0.254 e. The van der Waals surface area contributed by atoms with Gasteiger partial charge in [0.25, 0.3) is 11.8 Å². The molecule has 6 heteroatoms. The van der Waals surface area contributed by atoms with E-state index in [9.17, 15) is 9.59 Å². The highest BCUT2D eigenvalue weighted by Gasteiger charge is 2.25. The van der Waals surface area contributed by atoms with Crippen molar-refractivity contribution in [3.63, 3.8) is 0 Å². The van der Waals surface area contributed by atoms with Crippen molar-refractivity contribution < 1.29 is 14.3 Å². The van der Waals surface area contributed by atoms with Gasteiger partial charge in [-0.1, -0.05) is 0 Å². The van der Waals surface area contributed by atoms with Gasteiger partial charge in [0.2, 0.25) is 0 Å². The standard InChI is InChI=1S/C24H29N3O3/c1-2-25-23(28)18-5-7-20(8-6-18)30-21-9-10-22-19(17-21)11-14-27(24(22)29)16-15-26-12-3-4-13-26/h5-10,17H,2-4,11-16H2,1H3,(H,25,28). The van der Waals surface area contributed by atoms with E-state index >= 15 is 0 Å². The van der Waals surface area contributed by atoms with Crippen molar-refractivity contribution in [1.82, 2.24) is 15.1 Å². The summed E-state index contributed by atoms with van der Waals surface area (Å²) < 4.78 is 5.95. The lowest BCUT2D eigenvalue weighted by molar-refractivity contribution is 0.0724. The Morgan fingerprint density at radius 2 is 1.73 bits per heavy atom. The van der Waals surface area contributed by atoms with Crippen LogP contribution in [-0.2, 0) is 6.42 Å². The van der Waals surface area contributed by atoms with Gasteiger partial charge in [0.1, 0.15) is 11.5 Å². The van der Waals surface area contributed by atoms with E-state index < -0.39 is 0 Å². The summed E-state index contributed by atoms with van der Waals surface area (Å²) in [5.41, 5.74) is 2.42. The molecule has 2 aliphatic rings. The number of hydrogen-bond donors (Lipinski definition) is 1. The predicted molar refractivity (Wildman–Crippen MR) is 116 cm³/mol. The van der Waals surface area contributed by atoms with E-state index in [0.29, 0.717) is 23.6 Å². The molecular weight excluding hydrogens is 378 g/mol. The van der Waals surface area contributed by atoms with Crippen molar-refractivity contribution in [2.75, 3.05) is 39.3 Å². The second-order valence-corrected chi connectivity index (χ2v) is 7.90. The summed E-state index contributed by atoms with van der Waals surface area (Å²) in [6.07, 6.45) is 3.39. The Hall–Kier alpha value is -2.86. The molecule has 2 aromatic rings. The van der Waals surface area contributed by atoms with E-state index in [1.807, 2.05) is 30.0 Å². The van der Waals surface area contributed by atoms with Crippen LogP contribution in [0.2, 0.25) is 0 Å². The monoisotopic (exact) mass is 407 g/mol. The molecule has 4 rings (SSSR count). The van der Waals surface area contributed by atoms with E-state index in [1.165, 1.54) is 12.8 Å². The van der Waals surface area contributed by atoms with Crippen molar-refractivity contribution in [2.45, 2.75) is 26.2 Å². The van der Waals surface area contributed by atoms with E-state index in [4.69, 9.17) is 4.74 Å². The van der Waals surface area contributed by atoms with Crippen LogP contribution < -0.4 is 10.1 Å². The minimum absolute atomic E-state index is 0.0920. The Kier molecular flexibility index (Phi) is 6.33. The maximum atomic E-state index is 12.9. The average molecular weight is 408 g/mol. The van der Waals surface area contributed by atoms with E-state index in [0.717, 1.165) is 50.3 Å². The topological polar surface area (TPSA) is 61.9 Å². The molecule has 0 saturated carbocycles. The summed E-state index contributed by atoms with van der Waals surface area (Å²) >= 11 is 0. The number of hydrogen-bond acceptors (Lipinski definition) is 4. The fraction of sp³-hybridized carbons (Fsp3) is 0.417. The summed E-state index contributed by atoms with van der Waals surface area (Å²) in [4.78, 5) is 29.2. The predicted octanol–water partition coefficient (Wildman–Crippen LogP) is 3.32. The van der Waals surface area contributed by atoms with E-state index in [2.05, 4.69) is 10.2 Å². The first-order valence-corrected chi connectivity index (χ1v) is 10.8. The van der Waals surface area contributed by atoms with Crippen LogP contribution in [-0.4, -0.2) is 60.9 Å². The van der Waals surface area contributed by atoms with Gasteiger partial charge in [0, 0.05) is 37.3 Å². The molecule has 0 atom stereocenters. The summed E-state index contributed by atoms with van der Waals surface area (Å²) in [7, 11) is 0. The maximum absolute atomic E-state index is 12.9. The van der Waals surface area contributed by atoms with E-state index in [1.54, 1.807) is 24.3 Å².